The van der Waals surface area contributed by atoms with Gasteiger partial charge in [0.05, 0.1) is 5.60 Å². The predicted octanol–water partition coefficient (Wildman–Crippen LogP) is 4.42. The highest BCUT2D eigenvalue weighted by Crippen LogP contribution is 2.27. The Bertz CT molecular complexity index is 658. The van der Waals surface area contributed by atoms with E-state index in [9.17, 15) is 13.9 Å². The van der Waals surface area contributed by atoms with Crippen LogP contribution in [0.2, 0.25) is 0 Å². The first-order valence-corrected chi connectivity index (χ1v) is 8.53. The van der Waals surface area contributed by atoms with Crippen LogP contribution in [0.4, 0.5) is 8.78 Å². The summed E-state index contributed by atoms with van der Waals surface area (Å²) in [4.78, 5) is 0. The molecule has 24 heavy (non-hydrogen) atoms. The summed E-state index contributed by atoms with van der Waals surface area (Å²) >= 11 is 0. The molecule has 2 aromatic rings. The van der Waals surface area contributed by atoms with Crippen LogP contribution in [0.15, 0.2) is 42.5 Å². The van der Waals surface area contributed by atoms with Gasteiger partial charge in [-0.1, -0.05) is 43.5 Å². The Kier molecular flexibility index (Phi) is 5.27. The Balaban J connectivity index is 1.58. The van der Waals surface area contributed by atoms with E-state index in [4.69, 9.17) is 0 Å². The molecule has 1 aliphatic rings. The van der Waals surface area contributed by atoms with Crippen molar-refractivity contribution in [1.82, 2.24) is 5.32 Å². The van der Waals surface area contributed by atoms with Gasteiger partial charge in [0.1, 0.15) is 11.6 Å². The van der Waals surface area contributed by atoms with Crippen molar-refractivity contribution in [3.8, 4) is 11.1 Å². The molecule has 0 spiro atoms. The van der Waals surface area contributed by atoms with Crippen LogP contribution in [0.5, 0.6) is 0 Å². The molecule has 1 saturated carbocycles. The van der Waals surface area contributed by atoms with Crippen molar-refractivity contribution in [1.29, 1.82) is 0 Å². The van der Waals surface area contributed by atoms with Crippen LogP contribution in [0.1, 0.15) is 37.7 Å². The summed E-state index contributed by atoms with van der Waals surface area (Å²) in [6, 6.07) is 11.1. The van der Waals surface area contributed by atoms with Crippen molar-refractivity contribution in [3.63, 3.8) is 0 Å². The highest BCUT2D eigenvalue weighted by Gasteiger charge is 2.28. The van der Waals surface area contributed by atoms with E-state index < -0.39 is 17.2 Å². The monoisotopic (exact) mass is 331 g/mol. The summed E-state index contributed by atoms with van der Waals surface area (Å²) in [5, 5.41) is 13.8. The number of rotatable bonds is 5. The van der Waals surface area contributed by atoms with Gasteiger partial charge in [0, 0.05) is 19.2 Å². The lowest BCUT2D eigenvalue weighted by Gasteiger charge is -2.32. The van der Waals surface area contributed by atoms with E-state index in [1.165, 1.54) is 18.6 Å². The maximum absolute atomic E-state index is 13.3. The second-order valence-corrected chi connectivity index (χ2v) is 6.74. The van der Waals surface area contributed by atoms with Crippen molar-refractivity contribution in [2.24, 2.45) is 0 Å². The van der Waals surface area contributed by atoms with Gasteiger partial charge < -0.3 is 10.4 Å². The Morgan fingerprint density at radius 2 is 1.50 bits per heavy atom. The predicted molar refractivity (Wildman–Crippen MR) is 91.5 cm³/mol. The molecule has 0 heterocycles. The summed E-state index contributed by atoms with van der Waals surface area (Å²) in [6.45, 7) is 1.27. The second kappa shape index (κ2) is 7.41. The first kappa shape index (κ1) is 17.1. The van der Waals surface area contributed by atoms with Crippen LogP contribution in [-0.2, 0) is 6.54 Å². The fraction of sp³-hybridized carbons (Fsp3) is 0.400. The molecule has 2 aromatic carbocycles. The van der Waals surface area contributed by atoms with Gasteiger partial charge in [0.2, 0.25) is 0 Å². The molecular weight excluding hydrogens is 308 g/mol. The van der Waals surface area contributed by atoms with Crippen molar-refractivity contribution < 1.29 is 13.9 Å². The number of hydrogen-bond donors (Lipinski definition) is 2. The fourth-order valence-electron chi connectivity index (χ4n) is 3.36. The number of benzene rings is 2. The lowest BCUT2D eigenvalue weighted by Crippen LogP contribution is -2.41. The molecule has 0 saturated heterocycles. The van der Waals surface area contributed by atoms with Crippen LogP contribution in [0, 0.1) is 11.6 Å². The molecule has 1 aliphatic carbocycles. The topological polar surface area (TPSA) is 32.3 Å². The molecule has 2 nitrogen and oxygen atoms in total. The number of nitrogens with one attached hydrogen (secondary N) is 1. The zero-order valence-corrected chi connectivity index (χ0v) is 13.7. The molecule has 3 rings (SSSR count). The highest BCUT2D eigenvalue weighted by atomic mass is 19.1. The van der Waals surface area contributed by atoms with Gasteiger partial charge >= 0.3 is 0 Å². The standard InChI is InChI=1S/C20H23F2NO/c21-18-10-17(11-19(22)12-18)16-6-4-15(5-7-16)13-23-14-20(24)8-2-1-3-9-20/h4-7,10-12,23-24H,1-3,8-9,13-14H2. The third-order valence-electron chi connectivity index (χ3n) is 4.72. The van der Waals surface area contributed by atoms with Crippen LogP contribution in [0.25, 0.3) is 11.1 Å². The minimum atomic E-state index is -0.573. The molecule has 4 heteroatoms. The molecule has 1 fully saturated rings. The first-order chi connectivity index (χ1) is 11.5. The molecule has 0 aliphatic heterocycles. The summed E-state index contributed by atoms with van der Waals surface area (Å²) in [6.07, 6.45) is 5.13. The number of hydrogen-bond acceptors (Lipinski definition) is 2. The average Bonchev–Trinajstić information content (AvgIpc) is 2.55. The van der Waals surface area contributed by atoms with Crippen LogP contribution < -0.4 is 5.32 Å². The zero-order chi connectivity index (χ0) is 17.0. The summed E-state index contributed by atoms with van der Waals surface area (Å²) in [5.74, 6) is -1.15. The lowest BCUT2D eigenvalue weighted by atomic mass is 9.85. The molecule has 0 unspecified atom stereocenters. The largest absolute Gasteiger partial charge is 0.389 e. The van der Waals surface area contributed by atoms with Gasteiger partial charge in [-0.25, -0.2) is 8.78 Å². The minimum Gasteiger partial charge on any atom is -0.389 e. The van der Waals surface area contributed by atoms with Crippen molar-refractivity contribution in [2.45, 2.75) is 44.2 Å². The second-order valence-electron chi connectivity index (χ2n) is 6.74. The van der Waals surface area contributed by atoms with Gasteiger partial charge in [-0.2, -0.15) is 0 Å². The smallest absolute Gasteiger partial charge is 0.126 e. The molecule has 0 radical (unpaired) electrons. The SMILES string of the molecule is OC1(CNCc2ccc(-c3cc(F)cc(F)c3)cc2)CCCCC1. The van der Waals surface area contributed by atoms with E-state index >= 15 is 0 Å². The lowest BCUT2D eigenvalue weighted by molar-refractivity contribution is 0.00467. The van der Waals surface area contributed by atoms with Gasteiger partial charge in [-0.05, 0) is 41.7 Å². The Morgan fingerprint density at radius 3 is 2.12 bits per heavy atom. The van der Waals surface area contributed by atoms with E-state index in [0.717, 1.165) is 42.9 Å². The molecule has 2 N–H and O–H groups in total. The molecule has 0 atom stereocenters. The van der Waals surface area contributed by atoms with E-state index in [0.29, 0.717) is 18.7 Å². The van der Waals surface area contributed by atoms with Gasteiger partial charge in [0.25, 0.3) is 0 Å². The summed E-state index contributed by atoms with van der Waals surface area (Å²) in [5.41, 5.74) is 1.82. The highest BCUT2D eigenvalue weighted by molar-refractivity contribution is 5.63. The van der Waals surface area contributed by atoms with E-state index in [-0.39, 0.29) is 0 Å². The van der Waals surface area contributed by atoms with Crippen LogP contribution in [-0.4, -0.2) is 17.3 Å². The number of aliphatic hydroxyl groups is 1. The minimum absolute atomic E-state index is 0.531. The van der Waals surface area contributed by atoms with Crippen molar-refractivity contribution >= 4 is 0 Å². The maximum atomic E-state index is 13.3. The quantitative estimate of drug-likeness (QED) is 0.850. The summed E-state index contributed by atoms with van der Waals surface area (Å²) in [7, 11) is 0. The Morgan fingerprint density at radius 1 is 0.875 bits per heavy atom. The van der Waals surface area contributed by atoms with Crippen molar-refractivity contribution in [2.75, 3.05) is 6.54 Å². The summed E-state index contributed by atoms with van der Waals surface area (Å²) < 4.78 is 26.6. The Hall–Kier alpha value is -1.78. The van der Waals surface area contributed by atoms with Gasteiger partial charge in [-0.3, -0.25) is 0 Å². The van der Waals surface area contributed by atoms with E-state index in [1.807, 2.05) is 24.3 Å². The number of halogens is 2. The maximum Gasteiger partial charge on any atom is 0.126 e. The molecule has 0 amide bonds. The molecule has 0 bridgehead atoms. The van der Waals surface area contributed by atoms with Gasteiger partial charge in [-0.15, -0.1) is 0 Å². The van der Waals surface area contributed by atoms with Crippen LogP contribution in [0.3, 0.4) is 0 Å². The van der Waals surface area contributed by atoms with Gasteiger partial charge in [0.15, 0.2) is 0 Å². The third-order valence-corrected chi connectivity index (χ3v) is 4.72. The zero-order valence-electron chi connectivity index (χ0n) is 13.7. The first-order valence-electron chi connectivity index (χ1n) is 8.53. The van der Waals surface area contributed by atoms with E-state index in [1.54, 1.807) is 0 Å². The van der Waals surface area contributed by atoms with Crippen molar-refractivity contribution in [3.05, 3.63) is 59.7 Å². The van der Waals surface area contributed by atoms with Crippen LogP contribution >= 0.6 is 0 Å². The fourth-order valence-corrected chi connectivity index (χ4v) is 3.36. The molecule has 0 aromatic heterocycles. The molecular formula is C20H23F2NO. The van der Waals surface area contributed by atoms with E-state index in [2.05, 4.69) is 5.32 Å². The Labute approximate surface area is 141 Å². The molecule has 128 valence electrons. The normalized spacial score (nSPS) is 17.0. The third kappa shape index (κ3) is 4.40. The average molecular weight is 331 g/mol.